The van der Waals surface area contributed by atoms with Gasteiger partial charge in [0.15, 0.2) is 0 Å². The van der Waals surface area contributed by atoms with E-state index in [4.69, 9.17) is 37.7 Å². The number of anilines is 2. The number of benzene rings is 1. The van der Waals surface area contributed by atoms with Gasteiger partial charge in [-0.05, 0) is 18.4 Å². The van der Waals surface area contributed by atoms with E-state index < -0.39 is 0 Å². The summed E-state index contributed by atoms with van der Waals surface area (Å²) in [6.45, 7) is 5.82. The van der Waals surface area contributed by atoms with E-state index in [1.54, 1.807) is 38.4 Å². The second-order valence-electron chi connectivity index (χ2n) is 7.21. The van der Waals surface area contributed by atoms with Gasteiger partial charge in [0.25, 0.3) is 0 Å². The summed E-state index contributed by atoms with van der Waals surface area (Å²) in [4.78, 5) is 9.26. The highest BCUT2D eigenvalue weighted by molar-refractivity contribution is 7.96. The highest BCUT2D eigenvalue weighted by Gasteiger charge is 2.21. The van der Waals surface area contributed by atoms with Crippen molar-refractivity contribution in [1.29, 1.82) is 0 Å². The summed E-state index contributed by atoms with van der Waals surface area (Å²) in [7, 11) is 4.91. The normalized spacial score (nSPS) is 10.5. The molecule has 0 bridgehead atoms. The highest BCUT2D eigenvalue weighted by atomic mass is 35.5. The van der Waals surface area contributed by atoms with Crippen LogP contribution in [0.15, 0.2) is 24.4 Å². The van der Waals surface area contributed by atoms with E-state index in [1.807, 2.05) is 25.4 Å². The largest absolute Gasteiger partial charge is 0.495 e. The van der Waals surface area contributed by atoms with Gasteiger partial charge in [0, 0.05) is 48.7 Å². The van der Waals surface area contributed by atoms with Crippen LogP contribution >= 0.6 is 35.1 Å². The van der Waals surface area contributed by atoms with E-state index in [0.29, 0.717) is 45.2 Å². The highest BCUT2D eigenvalue weighted by Crippen LogP contribution is 2.46. The lowest BCUT2D eigenvalue weighted by atomic mass is 10.1. The summed E-state index contributed by atoms with van der Waals surface area (Å²) in [6.07, 6.45) is 6.41. The summed E-state index contributed by atoms with van der Waals surface area (Å²) in [5, 5.41) is 9.01. The van der Waals surface area contributed by atoms with Crippen LogP contribution in [0.3, 0.4) is 0 Å². The molecule has 0 fully saturated rings. The van der Waals surface area contributed by atoms with Crippen molar-refractivity contribution in [2.45, 2.75) is 26.7 Å². The van der Waals surface area contributed by atoms with Crippen LogP contribution in [0.4, 0.5) is 11.6 Å². The first kappa shape index (κ1) is 28.1. The predicted molar refractivity (Wildman–Crippen MR) is 148 cm³/mol. The SMILES string of the molecule is CCCC.CNc1cc2c(NCCNSC)nc(-c3c(Cl)c(OC)cc(OC)c3Cl)cc2cn1. The number of hydrogen-bond donors (Lipinski definition) is 3. The monoisotopic (exact) mass is 525 g/mol. The fraction of sp³-hybridized carbons (Fsp3) is 0.417. The Hall–Kier alpha value is -2.13. The summed E-state index contributed by atoms with van der Waals surface area (Å²) < 4.78 is 14.0. The maximum Gasteiger partial charge on any atom is 0.141 e. The Labute approximate surface area is 216 Å². The van der Waals surface area contributed by atoms with Crippen molar-refractivity contribution in [3.05, 3.63) is 34.4 Å². The topological polar surface area (TPSA) is 80.3 Å². The Morgan fingerprint density at radius 2 is 1.62 bits per heavy atom. The molecule has 10 heteroatoms. The molecule has 0 aliphatic rings. The molecule has 0 saturated heterocycles. The average Bonchev–Trinajstić information content (AvgIpc) is 2.86. The summed E-state index contributed by atoms with van der Waals surface area (Å²) in [6, 6.07) is 5.51. The van der Waals surface area contributed by atoms with Gasteiger partial charge in [0.2, 0.25) is 0 Å². The molecule has 3 N–H and O–H groups in total. The van der Waals surface area contributed by atoms with Crippen molar-refractivity contribution < 1.29 is 9.47 Å². The number of hydrogen-bond acceptors (Lipinski definition) is 8. The molecule has 0 aliphatic carbocycles. The quantitative estimate of drug-likeness (QED) is 0.198. The fourth-order valence-electron chi connectivity index (χ4n) is 2.99. The lowest BCUT2D eigenvalue weighted by Crippen LogP contribution is -2.16. The standard InChI is InChI=1S/C20H23Cl2N5O2S.C4H10/c1-23-16-8-12-11(10-25-16)7-13(27-20(12)24-5-6-26-30-4)17-18(21)14(28-2)9-15(29-3)19(17)22;1-3-4-2/h7-10,26H,5-6H2,1-4H3,(H,23,25)(H,24,27);3-4H2,1-2H3. The molecule has 0 saturated carbocycles. The summed E-state index contributed by atoms with van der Waals surface area (Å²) in [5.74, 6) is 2.37. The molecule has 0 spiro atoms. The Bertz CT molecular complexity index is 1050. The first-order valence-electron chi connectivity index (χ1n) is 11.0. The number of halogens is 2. The number of unbranched alkanes of at least 4 members (excludes halogenated alkanes) is 1. The van der Waals surface area contributed by atoms with Crippen LogP contribution in [0.5, 0.6) is 11.5 Å². The first-order valence-corrected chi connectivity index (χ1v) is 13.0. The van der Waals surface area contributed by atoms with E-state index in [0.717, 1.165) is 23.1 Å². The number of pyridine rings is 2. The minimum atomic E-state index is 0.366. The van der Waals surface area contributed by atoms with E-state index in [9.17, 15) is 0 Å². The Morgan fingerprint density at radius 1 is 0.971 bits per heavy atom. The zero-order valence-corrected chi connectivity index (χ0v) is 22.8. The van der Waals surface area contributed by atoms with Gasteiger partial charge in [-0.2, -0.15) is 0 Å². The maximum atomic E-state index is 6.61. The smallest absolute Gasteiger partial charge is 0.141 e. The van der Waals surface area contributed by atoms with Crippen LogP contribution < -0.4 is 24.8 Å². The third-order valence-electron chi connectivity index (χ3n) is 4.96. The van der Waals surface area contributed by atoms with Crippen LogP contribution in [-0.2, 0) is 0 Å². The van der Waals surface area contributed by atoms with Gasteiger partial charge in [-0.3, -0.25) is 4.72 Å². The lowest BCUT2D eigenvalue weighted by Gasteiger charge is -2.17. The van der Waals surface area contributed by atoms with Gasteiger partial charge < -0.3 is 20.1 Å². The van der Waals surface area contributed by atoms with Crippen molar-refractivity contribution in [3.63, 3.8) is 0 Å². The molecular weight excluding hydrogens is 493 g/mol. The van der Waals surface area contributed by atoms with Crippen LogP contribution in [0.1, 0.15) is 26.7 Å². The van der Waals surface area contributed by atoms with Gasteiger partial charge >= 0.3 is 0 Å². The number of methoxy groups -OCH3 is 2. The minimum absolute atomic E-state index is 0.366. The van der Waals surface area contributed by atoms with E-state index >= 15 is 0 Å². The van der Waals surface area contributed by atoms with Crippen LogP contribution in [0.2, 0.25) is 10.0 Å². The Kier molecular flexibility index (Phi) is 11.8. The number of rotatable bonds is 10. The molecule has 0 aliphatic heterocycles. The third kappa shape index (κ3) is 6.95. The molecular formula is C24H33Cl2N5O2S. The maximum absolute atomic E-state index is 6.61. The zero-order chi connectivity index (χ0) is 25.1. The van der Waals surface area contributed by atoms with Crippen molar-refractivity contribution >= 4 is 57.6 Å². The van der Waals surface area contributed by atoms with Crippen molar-refractivity contribution in [2.24, 2.45) is 0 Å². The second kappa shape index (κ2) is 14.3. The molecule has 0 unspecified atom stereocenters. The molecule has 2 heterocycles. The molecule has 1 aromatic carbocycles. The minimum Gasteiger partial charge on any atom is -0.495 e. The van der Waals surface area contributed by atoms with Crippen LogP contribution in [0.25, 0.3) is 22.0 Å². The summed E-state index contributed by atoms with van der Waals surface area (Å²) >= 11 is 14.8. The molecule has 3 aromatic rings. The second-order valence-corrected chi connectivity index (χ2v) is 8.66. The zero-order valence-electron chi connectivity index (χ0n) is 20.5. The van der Waals surface area contributed by atoms with Gasteiger partial charge in [-0.25, -0.2) is 9.97 Å². The van der Waals surface area contributed by atoms with E-state index in [-0.39, 0.29) is 0 Å². The van der Waals surface area contributed by atoms with E-state index in [2.05, 4.69) is 34.2 Å². The molecule has 34 heavy (non-hydrogen) atoms. The first-order chi connectivity index (χ1) is 16.4. The van der Waals surface area contributed by atoms with E-state index in [1.165, 1.54) is 12.8 Å². The fourth-order valence-corrected chi connectivity index (χ4v) is 3.99. The lowest BCUT2D eigenvalue weighted by molar-refractivity contribution is 0.395. The number of fused-ring (bicyclic) bond motifs is 1. The van der Waals surface area contributed by atoms with Crippen LogP contribution in [-0.4, -0.2) is 50.6 Å². The molecule has 0 amide bonds. The van der Waals surface area contributed by atoms with Crippen molar-refractivity contribution in [3.8, 4) is 22.8 Å². The molecule has 0 atom stereocenters. The molecule has 0 radical (unpaired) electrons. The third-order valence-corrected chi connectivity index (χ3v) is 6.21. The molecule has 186 valence electrons. The number of ether oxygens (including phenoxy) is 2. The number of nitrogens with zero attached hydrogens (tertiary/aromatic N) is 2. The van der Waals surface area contributed by atoms with Gasteiger partial charge in [0.1, 0.15) is 23.1 Å². The molecule has 2 aromatic heterocycles. The number of aromatic nitrogens is 2. The van der Waals surface area contributed by atoms with Gasteiger partial charge in [-0.1, -0.05) is 61.8 Å². The van der Waals surface area contributed by atoms with Gasteiger partial charge in [-0.15, -0.1) is 0 Å². The summed E-state index contributed by atoms with van der Waals surface area (Å²) in [5.41, 5.74) is 1.13. The predicted octanol–water partition coefficient (Wildman–Crippen LogP) is 6.75. The van der Waals surface area contributed by atoms with Crippen LogP contribution in [0, 0.1) is 0 Å². The van der Waals surface area contributed by atoms with Crippen molar-refractivity contribution in [1.82, 2.24) is 14.7 Å². The average molecular weight is 527 g/mol. The molecule has 7 nitrogen and oxygen atoms in total. The van der Waals surface area contributed by atoms with Crippen molar-refractivity contribution in [2.75, 3.05) is 51.2 Å². The van der Waals surface area contributed by atoms with Gasteiger partial charge in [0.05, 0.1) is 30.0 Å². The Morgan fingerprint density at radius 3 is 2.15 bits per heavy atom. The number of nitrogens with one attached hydrogen (secondary N) is 3. The Balaban J connectivity index is 0.000000945. The molecule has 3 rings (SSSR count).